The lowest BCUT2D eigenvalue weighted by Crippen LogP contribution is -2.45. The van der Waals surface area contributed by atoms with Gasteiger partial charge in [0.25, 0.3) is 0 Å². The van der Waals surface area contributed by atoms with Crippen molar-refractivity contribution >= 4 is 11.8 Å². The Kier molecular flexibility index (Phi) is 3.66. The third kappa shape index (κ3) is 2.60. The molecule has 0 radical (unpaired) electrons. The molecule has 17 heavy (non-hydrogen) atoms. The number of carbonyl (C=O) groups is 2. The molecule has 2 saturated heterocycles. The molecule has 0 aromatic rings. The molecular formula is C12H20N2O3. The van der Waals surface area contributed by atoms with Crippen LogP contribution >= 0.6 is 0 Å². The van der Waals surface area contributed by atoms with E-state index in [1.165, 1.54) is 0 Å². The molecule has 0 spiro atoms. The van der Waals surface area contributed by atoms with Crippen molar-refractivity contribution in [1.29, 1.82) is 0 Å². The molecule has 0 bridgehead atoms. The minimum absolute atomic E-state index is 0.0360. The third-order valence-corrected chi connectivity index (χ3v) is 3.66. The highest BCUT2D eigenvalue weighted by molar-refractivity contribution is 5.90. The van der Waals surface area contributed by atoms with Crippen LogP contribution in [0.1, 0.15) is 25.7 Å². The van der Waals surface area contributed by atoms with Gasteiger partial charge in [-0.3, -0.25) is 9.59 Å². The number of hydrogen-bond donors (Lipinski definition) is 0. The second-order valence-corrected chi connectivity index (χ2v) is 4.91. The summed E-state index contributed by atoms with van der Waals surface area (Å²) in [5, 5.41) is 0. The topological polar surface area (TPSA) is 49.9 Å². The average molecular weight is 240 g/mol. The van der Waals surface area contributed by atoms with Gasteiger partial charge in [-0.15, -0.1) is 0 Å². The molecule has 5 heteroatoms. The van der Waals surface area contributed by atoms with Crippen molar-refractivity contribution in [3.05, 3.63) is 0 Å². The van der Waals surface area contributed by atoms with Crippen molar-refractivity contribution in [2.45, 2.75) is 37.8 Å². The summed E-state index contributed by atoms with van der Waals surface area (Å²) < 4.78 is 5.51. The maximum absolute atomic E-state index is 12.2. The Hall–Kier alpha value is -1.10. The highest BCUT2D eigenvalue weighted by Gasteiger charge is 2.35. The first-order valence-corrected chi connectivity index (χ1v) is 6.22. The van der Waals surface area contributed by atoms with Crippen LogP contribution < -0.4 is 0 Å². The van der Waals surface area contributed by atoms with E-state index in [1.54, 1.807) is 23.9 Å². The maximum Gasteiger partial charge on any atom is 0.245 e. The standard InChI is InChI=1S/C12H20N2O3/c1-13(8-9-4-3-7-17-9)12(16)10-5-6-11(15)14(10)2/h9-10H,3-8H2,1-2H3. The summed E-state index contributed by atoms with van der Waals surface area (Å²) in [5.41, 5.74) is 0. The van der Waals surface area contributed by atoms with Gasteiger partial charge < -0.3 is 14.5 Å². The lowest BCUT2D eigenvalue weighted by atomic mass is 10.1. The summed E-state index contributed by atoms with van der Waals surface area (Å²) in [6.45, 7) is 1.44. The molecule has 2 heterocycles. The summed E-state index contributed by atoms with van der Waals surface area (Å²) >= 11 is 0. The van der Waals surface area contributed by atoms with Gasteiger partial charge in [0.15, 0.2) is 0 Å². The van der Waals surface area contributed by atoms with E-state index in [4.69, 9.17) is 4.74 Å². The Bertz CT molecular complexity index is 313. The molecule has 2 aliphatic heterocycles. The predicted molar refractivity (Wildman–Crippen MR) is 62.4 cm³/mol. The molecule has 0 aromatic heterocycles. The molecule has 2 rings (SSSR count). The number of nitrogens with zero attached hydrogens (tertiary/aromatic N) is 2. The van der Waals surface area contributed by atoms with Crippen molar-refractivity contribution in [3.8, 4) is 0 Å². The van der Waals surface area contributed by atoms with E-state index >= 15 is 0 Å². The highest BCUT2D eigenvalue weighted by Crippen LogP contribution is 2.19. The van der Waals surface area contributed by atoms with Crippen LogP contribution in [0.5, 0.6) is 0 Å². The number of amides is 2. The van der Waals surface area contributed by atoms with Crippen LogP contribution in [0.15, 0.2) is 0 Å². The van der Waals surface area contributed by atoms with Gasteiger partial charge in [0, 0.05) is 33.7 Å². The quantitative estimate of drug-likeness (QED) is 0.710. The van der Waals surface area contributed by atoms with Gasteiger partial charge in [0.2, 0.25) is 11.8 Å². The Morgan fingerprint density at radius 1 is 1.53 bits per heavy atom. The van der Waals surface area contributed by atoms with Crippen LogP contribution in [-0.2, 0) is 14.3 Å². The molecule has 5 nitrogen and oxygen atoms in total. The van der Waals surface area contributed by atoms with Crippen LogP contribution in [-0.4, -0.2) is 61.0 Å². The van der Waals surface area contributed by atoms with E-state index in [9.17, 15) is 9.59 Å². The Morgan fingerprint density at radius 3 is 2.82 bits per heavy atom. The van der Waals surface area contributed by atoms with Crippen LogP contribution in [0, 0.1) is 0 Å². The highest BCUT2D eigenvalue weighted by atomic mass is 16.5. The van der Waals surface area contributed by atoms with E-state index in [1.807, 2.05) is 0 Å². The van der Waals surface area contributed by atoms with Crippen molar-refractivity contribution in [3.63, 3.8) is 0 Å². The monoisotopic (exact) mass is 240 g/mol. The number of rotatable bonds is 3. The predicted octanol–water partition coefficient (Wildman–Crippen LogP) is 0.245. The molecule has 2 amide bonds. The van der Waals surface area contributed by atoms with Crippen LogP contribution in [0.25, 0.3) is 0 Å². The molecule has 2 fully saturated rings. The molecule has 96 valence electrons. The van der Waals surface area contributed by atoms with E-state index in [2.05, 4.69) is 0 Å². The molecule has 0 saturated carbocycles. The summed E-state index contributed by atoms with van der Waals surface area (Å²) in [4.78, 5) is 26.8. The zero-order valence-electron chi connectivity index (χ0n) is 10.5. The summed E-state index contributed by atoms with van der Waals surface area (Å²) in [5.74, 6) is 0.0997. The van der Waals surface area contributed by atoms with Crippen LogP contribution in [0.2, 0.25) is 0 Å². The van der Waals surface area contributed by atoms with Crippen molar-refractivity contribution < 1.29 is 14.3 Å². The summed E-state index contributed by atoms with van der Waals surface area (Å²) in [7, 11) is 3.50. The molecule has 2 unspecified atom stereocenters. The van der Waals surface area contributed by atoms with Crippen molar-refractivity contribution in [1.82, 2.24) is 9.80 Å². The van der Waals surface area contributed by atoms with E-state index < -0.39 is 0 Å². The zero-order valence-corrected chi connectivity index (χ0v) is 10.5. The van der Waals surface area contributed by atoms with E-state index in [-0.39, 0.29) is 24.0 Å². The van der Waals surface area contributed by atoms with Gasteiger partial charge in [-0.25, -0.2) is 0 Å². The molecule has 2 atom stereocenters. The van der Waals surface area contributed by atoms with Gasteiger partial charge in [-0.05, 0) is 19.3 Å². The van der Waals surface area contributed by atoms with Gasteiger partial charge in [0.05, 0.1) is 6.10 Å². The average Bonchev–Trinajstić information content (AvgIpc) is 2.90. The maximum atomic E-state index is 12.2. The fourth-order valence-electron chi connectivity index (χ4n) is 2.53. The van der Waals surface area contributed by atoms with E-state index in [0.29, 0.717) is 19.4 Å². The molecule has 0 aliphatic carbocycles. The van der Waals surface area contributed by atoms with Crippen LogP contribution in [0.3, 0.4) is 0 Å². The lowest BCUT2D eigenvalue weighted by Gasteiger charge is -2.27. The van der Waals surface area contributed by atoms with Crippen molar-refractivity contribution in [2.75, 3.05) is 27.2 Å². The molecule has 0 N–H and O–H groups in total. The number of ether oxygens (including phenoxy) is 1. The number of likely N-dealkylation sites (tertiary alicyclic amines) is 1. The number of carbonyl (C=O) groups excluding carboxylic acids is 2. The van der Waals surface area contributed by atoms with Gasteiger partial charge in [0.1, 0.15) is 6.04 Å². The van der Waals surface area contributed by atoms with E-state index in [0.717, 1.165) is 19.4 Å². The minimum atomic E-state index is -0.270. The zero-order chi connectivity index (χ0) is 12.4. The first kappa shape index (κ1) is 12.4. The lowest BCUT2D eigenvalue weighted by molar-refractivity contribution is -0.140. The summed E-state index contributed by atoms with van der Waals surface area (Å²) in [6.07, 6.45) is 3.40. The third-order valence-electron chi connectivity index (χ3n) is 3.66. The van der Waals surface area contributed by atoms with Crippen molar-refractivity contribution in [2.24, 2.45) is 0 Å². The Morgan fingerprint density at radius 2 is 2.29 bits per heavy atom. The van der Waals surface area contributed by atoms with Gasteiger partial charge in [-0.1, -0.05) is 0 Å². The fraction of sp³-hybridized carbons (Fsp3) is 0.833. The Labute approximate surface area is 102 Å². The number of hydrogen-bond acceptors (Lipinski definition) is 3. The molecule has 2 aliphatic rings. The molecular weight excluding hydrogens is 220 g/mol. The first-order valence-electron chi connectivity index (χ1n) is 6.22. The largest absolute Gasteiger partial charge is 0.376 e. The van der Waals surface area contributed by atoms with Gasteiger partial charge in [-0.2, -0.15) is 0 Å². The minimum Gasteiger partial charge on any atom is -0.376 e. The van der Waals surface area contributed by atoms with Crippen LogP contribution in [0.4, 0.5) is 0 Å². The normalized spacial score (nSPS) is 28.8. The number of likely N-dealkylation sites (N-methyl/N-ethyl adjacent to an activating group) is 2. The van der Waals surface area contributed by atoms with Gasteiger partial charge >= 0.3 is 0 Å². The fourth-order valence-corrected chi connectivity index (χ4v) is 2.53. The second-order valence-electron chi connectivity index (χ2n) is 4.91. The first-order chi connectivity index (χ1) is 8.09. The SMILES string of the molecule is CN(CC1CCCO1)C(=O)C1CCC(=O)N1C. The second kappa shape index (κ2) is 5.04. The Balaban J connectivity index is 1.88. The summed E-state index contributed by atoms with van der Waals surface area (Å²) in [6, 6.07) is -0.270. The molecule has 0 aromatic carbocycles. The smallest absolute Gasteiger partial charge is 0.245 e.